The van der Waals surface area contributed by atoms with Crippen molar-refractivity contribution in [1.82, 2.24) is 29.9 Å². The van der Waals surface area contributed by atoms with E-state index < -0.39 is 23.7 Å². The van der Waals surface area contributed by atoms with Crippen LogP contribution >= 0.6 is 11.5 Å². The van der Waals surface area contributed by atoms with E-state index in [2.05, 4.69) is 40.0 Å². The van der Waals surface area contributed by atoms with E-state index in [4.69, 9.17) is 10.7 Å². The second-order valence-corrected chi connectivity index (χ2v) is 16.8. The van der Waals surface area contributed by atoms with Gasteiger partial charge in [0.05, 0.1) is 23.7 Å². The number of aromatic nitrogens is 3. The highest BCUT2D eigenvalue weighted by Crippen LogP contribution is 2.38. The number of aryl methyl sites for hydroxylation is 1. The number of piperidine rings is 4. The number of nitrogens with one attached hydrogen (secondary N) is 3. The molecule has 4 saturated heterocycles. The second-order valence-electron chi connectivity index (χ2n) is 16.0. The van der Waals surface area contributed by atoms with Crippen molar-refractivity contribution < 1.29 is 28.8 Å². The Bertz CT molecular complexity index is 2090. The fraction of sp³-hybridized carbons (Fsp3) is 0.525. The van der Waals surface area contributed by atoms with Gasteiger partial charge in [-0.15, -0.1) is 0 Å². The van der Waals surface area contributed by atoms with Crippen LogP contribution in [0.25, 0.3) is 0 Å². The lowest BCUT2D eigenvalue weighted by atomic mass is 9.82. The summed E-state index contributed by atoms with van der Waals surface area (Å²) in [6.45, 7) is 7.65. The first-order chi connectivity index (χ1) is 27.5. The van der Waals surface area contributed by atoms with Gasteiger partial charge in [0.2, 0.25) is 17.7 Å². The molecule has 4 amide bonds. The third-order valence-electron chi connectivity index (χ3n) is 12.2. The highest BCUT2D eigenvalue weighted by Gasteiger charge is 2.47. The molecule has 3 atom stereocenters. The van der Waals surface area contributed by atoms with Crippen LogP contribution in [0.15, 0.2) is 30.5 Å². The summed E-state index contributed by atoms with van der Waals surface area (Å²) in [5, 5.41) is 9.47. The largest absolute Gasteiger partial charge is 0.371 e. The second kappa shape index (κ2) is 16.3. The van der Waals surface area contributed by atoms with Crippen LogP contribution in [-0.4, -0.2) is 106 Å². The van der Waals surface area contributed by atoms with Crippen molar-refractivity contribution in [1.29, 1.82) is 0 Å². The van der Waals surface area contributed by atoms with E-state index in [9.17, 15) is 28.8 Å². The average molecular weight is 797 g/mol. The Labute approximate surface area is 334 Å². The van der Waals surface area contributed by atoms with Crippen LogP contribution in [0.1, 0.15) is 88.3 Å². The van der Waals surface area contributed by atoms with Gasteiger partial charge in [0.15, 0.2) is 23.1 Å². The van der Waals surface area contributed by atoms with Crippen LogP contribution in [0.3, 0.4) is 0 Å². The molecule has 8 rings (SSSR count). The summed E-state index contributed by atoms with van der Waals surface area (Å²) in [7, 11) is 0. The predicted octanol–water partition coefficient (Wildman–Crippen LogP) is 2.85. The molecule has 0 spiro atoms. The number of fused-ring (bicyclic) bond motifs is 1. The minimum Gasteiger partial charge on any atom is -0.371 e. The van der Waals surface area contributed by atoms with E-state index in [0.717, 1.165) is 94.2 Å². The maximum absolute atomic E-state index is 13.5. The highest BCUT2D eigenvalue weighted by atomic mass is 32.1. The number of hydrogen-bond donors (Lipinski definition) is 4. The zero-order chi connectivity index (χ0) is 39.8. The molecule has 57 heavy (non-hydrogen) atoms. The average Bonchev–Trinajstić information content (AvgIpc) is 3.73. The molecule has 4 fully saturated rings. The Morgan fingerprint density at radius 2 is 1.70 bits per heavy atom. The Kier molecular flexibility index (Phi) is 11.0. The molecule has 1 aliphatic carbocycles. The summed E-state index contributed by atoms with van der Waals surface area (Å²) >= 11 is 1.26. The molecule has 3 aromatic rings. The number of carbonyl (C=O) groups is 6. The molecule has 0 bridgehead atoms. The summed E-state index contributed by atoms with van der Waals surface area (Å²) in [6.07, 6.45) is 7.28. The number of nitrogens with zero attached hydrogens (tertiary/aromatic N) is 6. The lowest BCUT2D eigenvalue weighted by molar-refractivity contribution is -0.137. The van der Waals surface area contributed by atoms with Crippen LogP contribution in [0, 0.1) is 30.6 Å². The Hall–Kier alpha value is -5.29. The first kappa shape index (κ1) is 38.6. The molecule has 5 N–H and O–H groups in total. The van der Waals surface area contributed by atoms with Crippen LogP contribution < -0.4 is 31.5 Å². The molecule has 2 aromatic heterocycles. The van der Waals surface area contributed by atoms with E-state index >= 15 is 0 Å². The smallest absolute Gasteiger partial charge is 0.271 e. The fourth-order valence-corrected chi connectivity index (χ4v) is 9.73. The standard InChI is InChI=1S/C40H48N10O6S/c1-22-17-32(57-47-22)46-38-34(37(41)54)42-19-30(44-38)50-12-2-3-25(21-50)43-39(55)24-10-13-48(14-11-24)20-23-8-15-49(16-9-23)26-4-5-27-29(18-26)36(53)33(35(27)52)28-6-7-31(51)45-40(28)56/h4-5,17-19,23-25,28,33H,2-3,6-16,20-21H2,1H3,(H2,41,54)(H,43,55)(H,44,46)(H,45,51,56)/t25-,28?,33?/m1/s1. The summed E-state index contributed by atoms with van der Waals surface area (Å²) in [5.74, 6) is -2.62. The molecule has 4 aliphatic heterocycles. The molecular formula is C40H48N10O6S. The quantitative estimate of drug-likeness (QED) is 0.172. The van der Waals surface area contributed by atoms with E-state index in [1.807, 2.05) is 19.1 Å². The summed E-state index contributed by atoms with van der Waals surface area (Å²) < 4.78 is 4.27. The van der Waals surface area contributed by atoms with Crippen LogP contribution in [0.5, 0.6) is 0 Å². The van der Waals surface area contributed by atoms with Gasteiger partial charge in [-0.05, 0) is 107 Å². The molecule has 0 radical (unpaired) electrons. The van der Waals surface area contributed by atoms with E-state index in [-0.39, 0.29) is 59.7 Å². The molecule has 16 nitrogen and oxygen atoms in total. The topological polar surface area (TPSA) is 213 Å². The number of likely N-dealkylation sites (tertiary alicyclic amines) is 1. The van der Waals surface area contributed by atoms with Crippen molar-refractivity contribution >= 4 is 69.1 Å². The van der Waals surface area contributed by atoms with Crippen molar-refractivity contribution in [3.8, 4) is 0 Å². The lowest BCUT2D eigenvalue weighted by Crippen LogP contribution is -2.51. The molecular weight excluding hydrogens is 749 g/mol. The zero-order valence-corrected chi connectivity index (χ0v) is 32.8. The van der Waals surface area contributed by atoms with Gasteiger partial charge in [-0.25, -0.2) is 9.97 Å². The Balaban J connectivity index is 0.789. The van der Waals surface area contributed by atoms with Crippen LogP contribution in [0.4, 0.5) is 22.3 Å². The van der Waals surface area contributed by atoms with Crippen LogP contribution in [0.2, 0.25) is 0 Å². The number of amides is 4. The Morgan fingerprint density at radius 3 is 2.42 bits per heavy atom. The van der Waals surface area contributed by atoms with Crippen molar-refractivity contribution in [2.45, 2.75) is 64.3 Å². The third-order valence-corrected chi connectivity index (χ3v) is 13.0. The number of primary amides is 1. The lowest BCUT2D eigenvalue weighted by Gasteiger charge is -2.39. The van der Waals surface area contributed by atoms with Crippen molar-refractivity contribution in [2.24, 2.45) is 29.4 Å². The predicted molar refractivity (Wildman–Crippen MR) is 213 cm³/mol. The maximum atomic E-state index is 13.5. The number of nitrogens with two attached hydrogens (primary N) is 1. The SMILES string of the molecule is Cc1cc(Nc2nc(N3CCC[C@@H](NC(=O)C4CCN(CC5CCN(c6ccc7c(c6)C(=O)C(C6CCC(=O)NC6=O)C7=O)CC5)CC4)C3)cnc2C(N)=O)sn1. The fourth-order valence-electron chi connectivity index (χ4n) is 9.07. The molecule has 5 aliphatic rings. The van der Waals surface area contributed by atoms with Gasteiger partial charge in [0.25, 0.3) is 5.91 Å². The number of anilines is 4. The van der Waals surface area contributed by atoms with Gasteiger partial charge in [0.1, 0.15) is 10.8 Å². The molecule has 6 heterocycles. The molecule has 1 aromatic carbocycles. The van der Waals surface area contributed by atoms with Gasteiger partial charge in [-0.1, -0.05) is 0 Å². The number of carbonyl (C=O) groups excluding carboxylic acids is 6. The highest BCUT2D eigenvalue weighted by molar-refractivity contribution is 7.10. The van der Waals surface area contributed by atoms with Crippen molar-refractivity contribution in [3.05, 3.63) is 53.0 Å². The minimum absolute atomic E-state index is 0.0244. The number of benzene rings is 1. The monoisotopic (exact) mass is 796 g/mol. The molecule has 300 valence electrons. The van der Waals surface area contributed by atoms with Gasteiger partial charge < -0.3 is 31.1 Å². The number of rotatable bonds is 10. The minimum atomic E-state index is -1.06. The van der Waals surface area contributed by atoms with E-state index in [1.54, 1.807) is 18.3 Å². The first-order valence-electron chi connectivity index (χ1n) is 20.0. The third kappa shape index (κ3) is 8.26. The van der Waals surface area contributed by atoms with E-state index in [1.165, 1.54) is 11.5 Å². The summed E-state index contributed by atoms with van der Waals surface area (Å²) in [6, 6.07) is 7.26. The van der Waals surface area contributed by atoms with Gasteiger partial charge in [0, 0.05) is 67.9 Å². The molecule has 0 saturated carbocycles. The zero-order valence-electron chi connectivity index (χ0n) is 32.0. The summed E-state index contributed by atoms with van der Waals surface area (Å²) in [4.78, 5) is 92.1. The summed E-state index contributed by atoms with van der Waals surface area (Å²) in [5.41, 5.74) is 8.13. The first-order valence-corrected chi connectivity index (χ1v) is 20.7. The normalized spacial score (nSPS) is 23.7. The number of ketones is 2. The van der Waals surface area contributed by atoms with E-state index in [0.29, 0.717) is 29.4 Å². The van der Waals surface area contributed by atoms with Crippen LogP contribution in [-0.2, 0) is 14.4 Å². The van der Waals surface area contributed by atoms with Gasteiger partial charge in [-0.3, -0.25) is 34.1 Å². The van der Waals surface area contributed by atoms with Gasteiger partial charge >= 0.3 is 0 Å². The van der Waals surface area contributed by atoms with Crippen molar-refractivity contribution in [3.63, 3.8) is 0 Å². The molecule has 17 heteroatoms. The Morgan fingerprint density at radius 1 is 0.930 bits per heavy atom. The van der Waals surface area contributed by atoms with Crippen molar-refractivity contribution in [2.75, 3.05) is 60.9 Å². The number of Topliss-reactive ketones (excluding diaryl/α,β-unsaturated/α-hetero) is 2. The number of hydrogen-bond acceptors (Lipinski definition) is 14. The van der Waals surface area contributed by atoms with Gasteiger partial charge in [-0.2, -0.15) is 4.37 Å². The molecule has 2 unspecified atom stereocenters. The number of imide groups is 1. The maximum Gasteiger partial charge on any atom is 0.271 e.